The van der Waals surface area contributed by atoms with E-state index in [0.29, 0.717) is 17.7 Å². The van der Waals surface area contributed by atoms with E-state index in [9.17, 15) is 14.9 Å². The lowest BCUT2D eigenvalue weighted by molar-refractivity contribution is -0.122. The van der Waals surface area contributed by atoms with E-state index in [-0.39, 0.29) is 30.0 Å². The van der Waals surface area contributed by atoms with Crippen LogP contribution in [0.25, 0.3) is 16.9 Å². The zero-order chi connectivity index (χ0) is 28.8. The van der Waals surface area contributed by atoms with Crippen molar-refractivity contribution >= 4 is 17.5 Å². The lowest BCUT2D eigenvalue weighted by Crippen LogP contribution is -2.48. The number of aryl methyl sites for hydroxylation is 1. The first kappa shape index (κ1) is 28.3. The highest BCUT2D eigenvalue weighted by molar-refractivity contribution is 5.95. The Morgan fingerprint density at radius 1 is 1.12 bits per heavy atom. The topological polar surface area (TPSA) is 135 Å². The van der Waals surface area contributed by atoms with Gasteiger partial charge in [-0.25, -0.2) is 4.98 Å². The molecule has 0 saturated carbocycles. The molecule has 0 saturated heterocycles. The van der Waals surface area contributed by atoms with Gasteiger partial charge in [0.25, 0.3) is 5.91 Å². The van der Waals surface area contributed by atoms with Crippen molar-refractivity contribution in [2.24, 2.45) is 5.73 Å². The smallest absolute Gasteiger partial charge is 0.251 e. The van der Waals surface area contributed by atoms with Gasteiger partial charge < -0.3 is 25.5 Å². The van der Waals surface area contributed by atoms with Crippen LogP contribution in [-0.2, 0) is 11.2 Å². The summed E-state index contributed by atoms with van der Waals surface area (Å²) in [6.07, 6.45) is 4.33. The number of hydrogen-bond acceptors (Lipinski definition) is 6. The largest absolute Gasteiger partial charge is 0.490 e. The Hall–Kier alpha value is -4.68. The minimum atomic E-state index is -0.670. The van der Waals surface area contributed by atoms with E-state index in [2.05, 4.69) is 16.7 Å². The van der Waals surface area contributed by atoms with E-state index >= 15 is 0 Å². The lowest BCUT2D eigenvalue weighted by Gasteiger charge is -2.21. The third-order valence-corrected chi connectivity index (χ3v) is 6.41. The highest BCUT2D eigenvalue weighted by Crippen LogP contribution is 2.23. The molecule has 0 radical (unpaired) electrons. The number of ether oxygens (including phenoxy) is 1. The summed E-state index contributed by atoms with van der Waals surface area (Å²) in [5.41, 5.74) is 11.1. The van der Waals surface area contributed by atoms with Crippen molar-refractivity contribution in [2.45, 2.75) is 52.3 Å². The minimum absolute atomic E-state index is 0.104. The lowest BCUT2D eigenvalue weighted by atomic mass is 10.0. The standard InChI is InChI=1S/C31H34N6O3/c1-19(2)40-28-12-11-24(15-25(28)16-32)31(39)35-26(17-34-30(38)21(4)33)14-22-7-9-23(10-8-22)27-18-37-13-5-6-20(3)29(37)36-27/h5-13,15,18-19,21,26H,14,17,33H2,1-4H3,(H,34,38)(H,35,39)/t21-,26+/m1/s1. The van der Waals surface area contributed by atoms with Crippen LogP contribution in [0.15, 0.2) is 67.0 Å². The average molecular weight is 539 g/mol. The number of imidazole rings is 1. The molecule has 0 fully saturated rings. The molecular formula is C31H34N6O3. The predicted molar refractivity (Wildman–Crippen MR) is 154 cm³/mol. The highest BCUT2D eigenvalue weighted by Gasteiger charge is 2.19. The third kappa shape index (κ3) is 6.84. The first-order valence-electron chi connectivity index (χ1n) is 13.2. The van der Waals surface area contributed by atoms with Gasteiger partial charge in [-0.3, -0.25) is 9.59 Å². The van der Waals surface area contributed by atoms with Crippen molar-refractivity contribution < 1.29 is 14.3 Å². The van der Waals surface area contributed by atoms with E-state index in [4.69, 9.17) is 15.5 Å². The molecule has 2 aromatic heterocycles. The maximum atomic E-state index is 13.2. The van der Waals surface area contributed by atoms with Gasteiger partial charge in [-0.05, 0) is 69.5 Å². The summed E-state index contributed by atoms with van der Waals surface area (Å²) in [6, 6.07) is 17.8. The molecule has 4 N–H and O–H groups in total. The number of fused-ring (bicyclic) bond motifs is 1. The van der Waals surface area contributed by atoms with Gasteiger partial charge in [-0.1, -0.05) is 30.3 Å². The molecule has 4 rings (SSSR count). The summed E-state index contributed by atoms with van der Waals surface area (Å²) in [4.78, 5) is 30.1. The minimum Gasteiger partial charge on any atom is -0.490 e. The normalized spacial score (nSPS) is 12.5. The number of nitrogens with one attached hydrogen (secondary N) is 2. The van der Waals surface area contributed by atoms with E-state index < -0.39 is 12.1 Å². The molecule has 0 aliphatic heterocycles. The van der Waals surface area contributed by atoms with Crippen LogP contribution in [0, 0.1) is 18.3 Å². The van der Waals surface area contributed by atoms with Gasteiger partial charge in [0.2, 0.25) is 5.91 Å². The summed E-state index contributed by atoms with van der Waals surface area (Å²) >= 11 is 0. The number of amides is 2. The summed E-state index contributed by atoms with van der Waals surface area (Å²) in [5.74, 6) is -0.237. The van der Waals surface area contributed by atoms with Gasteiger partial charge in [-0.2, -0.15) is 5.26 Å². The number of rotatable bonds is 10. The first-order valence-corrected chi connectivity index (χ1v) is 13.2. The van der Waals surface area contributed by atoms with Gasteiger partial charge in [0.1, 0.15) is 17.5 Å². The zero-order valence-corrected chi connectivity index (χ0v) is 23.1. The van der Waals surface area contributed by atoms with Crippen LogP contribution in [-0.4, -0.2) is 45.9 Å². The number of carbonyl (C=O) groups excluding carboxylic acids is 2. The monoisotopic (exact) mass is 538 g/mol. The maximum Gasteiger partial charge on any atom is 0.251 e. The SMILES string of the molecule is Cc1cccn2cc(-c3ccc(C[C@@H](CNC(=O)[C@@H](C)N)NC(=O)c4ccc(OC(C)C)c(C#N)c4)cc3)nc12. The second-order valence-corrected chi connectivity index (χ2v) is 10.1. The Morgan fingerprint density at radius 2 is 1.88 bits per heavy atom. The third-order valence-electron chi connectivity index (χ3n) is 6.41. The number of hydrogen-bond donors (Lipinski definition) is 3. The molecule has 2 heterocycles. The fourth-order valence-corrected chi connectivity index (χ4v) is 4.33. The van der Waals surface area contributed by atoms with Crippen molar-refractivity contribution in [1.82, 2.24) is 20.0 Å². The Bertz CT molecular complexity index is 1550. The van der Waals surface area contributed by atoms with Crippen molar-refractivity contribution in [1.29, 1.82) is 5.26 Å². The molecule has 2 aromatic carbocycles. The number of benzene rings is 2. The molecule has 0 unspecified atom stereocenters. The van der Waals surface area contributed by atoms with Crippen LogP contribution < -0.4 is 21.1 Å². The van der Waals surface area contributed by atoms with Crippen LogP contribution in [0.4, 0.5) is 0 Å². The van der Waals surface area contributed by atoms with Crippen molar-refractivity contribution in [3.05, 3.63) is 89.2 Å². The molecule has 206 valence electrons. The van der Waals surface area contributed by atoms with Crippen LogP contribution >= 0.6 is 0 Å². The van der Waals surface area contributed by atoms with Crippen LogP contribution in [0.1, 0.15) is 47.8 Å². The van der Waals surface area contributed by atoms with Crippen LogP contribution in [0.5, 0.6) is 5.75 Å². The molecule has 4 aromatic rings. The van der Waals surface area contributed by atoms with Crippen LogP contribution in [0.3, 0.4) is 0 Å². The summed E-state index contributed by atoms with van der Waals surface area (Å²) in [7, 11) is 0. The molecule has 0 aliphatic rings. The quantitative estimate of drug-likeness (QED) is 0.281. The Balaban J connectivity index is 1.51. The number of carbonyl (C=O) groups is 2. The fourth-order valence-electron chi connectivity index (χ4n) is 4.33. The predicted octanol–water partition coefficient (Wildman–Crippen LogP) is 3.77. The van der Waals surface area contributed by atoms with E-state index in [1.807, 2.05) is 74.0 Å². The van der Waals surface area contributed by atoms with Crippen molar-refractivity contribution in [2.75, 3.05) is 6.54 Å². The van der Waals surface area contributed by atoms with Crippen molar-refractivity contribution in [3.8, 4) is 23.1 Å². The van der Waals surface area contributed by atoms with E-state index in [1.165, 1.54) is 6.07 Å². The molecule has 0 bridgehead atoms. The second kappa shape index (κ2) is 12.5. The highest BCUT2D eigenvalue weighted by atomic mass is 16.5. The van der Waals surface area contributed by atoms with E-state index in [1.54, 1.807) is 19.1 Å². The number of nitriles is 1. The first-order chi connectivity index (χ1) is 19.1. The Labute approximate surface area is 234 Å². The molecule has 40 heavy (non-hydrogen) atoms. The molecule has 2 atom stereocenters. The molecule has 9 nitrogen and oxygen atoms in total. The van der Waals surface area contributed by atoms with Gasteiger partial charge in [0, 0.05) is 30.1 Å². The van der Waals surface area contributed by atoms with Gasteiger partial charge in [-0.15, -0.1) is 0 Å². The van der Waals surface area contributed by atoms with Crippen LogP contribution in [0.2, 0.25) is 0 Å². The fraction of sp³-hybridized carbons (Fsp3) is 0.290. The Kier molecular flexibility index (Phi) is 8.82. The zero-order valence-electron chi connectivity index (χ0n) is 23.1. The van der Waals surface area contributed by atoms with Gasteiger partial charge in [0.15, 0.2) is 0 Å². The van der Waals surface area contributed by atoms with Gasteiger partial charge in [0.05, 0.1) is 29.4 Å². The van der Waals surface area contributed by atoms with E-state index in [0.717, 1.165) is 28.0 Å². The molecule has 0 spiro atoms. The second-order valence-electron chi connectivity index (χ2n) is 10.1. The Morgan fingerprint density at radius 3 is 2.52 bits per heavy atom. The van der Waals surface area contributed by atoms with Crippen molar-refractivity contribution in [3.63, 3.8) is 0 Å². The molecular weight excluding hydrogens is 504 g/mol. The summed E-state index contributed by atoms with van der Waals surface area (Å²) in [5, 5.41) is 15.3. The molecule has 0 aliphatic carbocycles. The molecule has 2 amide bonds. The average Bonchev–Trinajstić information content (AvgIpc) is 3.37. The number of nitrogens with zero attached hydrogens (tertiary/aromatic N) is 3. The number of aromatic nitrogens is 2. The maximum absolute atomic E-state index is 13.2. The molecule has 9 heteroatoms. The number of pyridine rings is 1. The summed E-state index contributed by atoms with van der Waals surface area (Å²) in [6.45, 7) is 7.57. The summed E-state index contributed by atoms with van der Waals surface area (Å²) < 4.78 is 7.67. The number of nitrogens with two attached hydrogens (primary N) is 1. The van der Waals surface area contributed by atoms with Gasteiger partial charge >= 0.3 is 0 Å².